The fraction of sp³-hybridized carbons (Fsp3) is 0.375. The first-order valence-electron chi connectivity index (χ1n) is 3.72. The molecule has 3 nitrogen and oxygen atoms in total. The van der Waals surface area contributed by atoms with Crippen LogP contribution in [0.3, 0.4) is 0 Å². The van der Waals surface area contributed by atoms with Gasteiger partial charge in [-0.05, 0) is 12.1 Å². The molecule has 2 N–H and O–H groups in total. The van der Waals surface area contributed by atoms with Crippen LogP contribution in [0.15, 0.2) is 18.3 Å². The second-order valence-electron chi connectivity index (χ2n) is 2.76. The summed E-state index contributed by atoms with van der Waals surface area (Å²) >= 11 is 0. The van der Waals surface area contributed by atoms with Crippen LogP contribution in [-0.2, 0) is 0 Å². The van der Waals surface area contributed by atoms with Crippen LogP contribution in [0.5, 0.6) is 5.75 Å². The fourth-order valence-electron chi connectivity index (χ4n) is 1.21. The van der Waals surface area contributed by atoms with Gasteiger partial charge in [-0.15, -0.1) is 0 Å². The zero-order valence-corrected chi connectivity index (χ0v) is 6.12. The smallest absolute Gasteiger partial charge is 0.137 e. The van der Waals surface area contributed by atoms with Crippen LogP contribution >= 0.6 is 0 Å². The van der Waals surface area contributed by atoms with Gasteiger partial charge in [0.15, 0.2) is 0 Å². The molecule has 0 saturated carbocycles. The Labute approximate surface area is 65.1 Å². The van der Waals surface area contributed by atoms with Crippen LogP contribution in [0.25, 0.3) is 0 Å². The van der Waals surface area contributed by atoms with Crippen molar-refractivity contribution in [3.05, 3.63) is 24.0 Å². The van der Waals surface area contributed by atoms with Crippen LogP contribution in [0.1, 0.15) is 11.6 Å². The molecule has 1 aromatic rings. The first-order chi connectivity index (χ1) is 5.38. The number of rotatable bonds is 1. The Hall–Kier alpha value is -1.09. The standard InChI is InChI=1S/C8H10N2O/c11-7-2-1-3-10-8(7)6-4-9-5-6/h1-3,6,9,11H,4-5H2. The Morgan fingerprint density at radius 1 is 1.55 bits per heavy atom. The zero-order chi connectivity index (χ0) is 7.68. The van der Waals surface area contributed by atoms with Crippen molar-refractivity contribution in [1.82, 2.24) is 10.3 Å². The van der Waals surface area contributed by atoms with Crippen LogP contribution in [0.4, 0.5) is 0 Å². The Balaban J connectivity index is 2.28. The van der Waals surface area contributed by atoms with Gasteiger partial charge in [0.05, 0.1) is 5.69 Å². The molecule has 11 heavy (non-hydrogen) atoms. The monoisotopic (exact) mass is 150 g/mol. The molecule has 3 heteroatoms. The normalized spacial score (nSPS) is 17.8. The lowest BCUT2D eigenvalue weighted by Crippen LogP contribution is -2.40. The third kappa shape index (κ3) is 1.07. The maximum atomic E-state index is 9.36. The van der Waals surface area contributed by atoms with Gasteiger partial charge in [0.1, 0.15) is 5.75 Å². The largest absolute Gasteiger partial charge is 0.506 e. The molecule has 1 aliphatic rings. The SMILES string of the molecule is Oc1cccnc1C1CNC1. The molecule has 2 rings (SSSR count). The predicted octanol–water partition coefficient (Wildman–Crippen LogP) is 0.474. The van der Waals surface area contributed by atoms with E-state index in [-0.39, 0.29) is 0 Å². The van der Waals surface area contributed by atoms with Crippen molar-refractivity contribution in [3.8, 4) is 5.75 Å². The van der Waals surface area contributed by atoms with E-state index < -0.39 is 0 Å². The molecule has 0 atom stereocenters. The van der Waals surface area contributed by atoms with Crippen LogP contribution < -0.4 is 5.32 Å². The molecule has 0 amide bonds. The Morgan fingerprint density at radius 3 is 2.91 bits per heavy atom. The van der Waals surface area contributed by atoms with E-state index in [1.165, 1.54) is 0 Å². The van der Waals surface area contributed by atoms with Crippen LogP contribution in [0, 0.1) is 0 Å². The first kappa shape index (κ1) is 6.61. The minimum absolute atomic E-state index is 0.319. The summed E-state index contributed by atoms with van der Waals surface area (Å²) in [4.78, 5) is 4.11. The zero-order valence-electron chi connectivity index (χ0n) is 6.12. The number of pyridine rings is 1. The molecule has 0 bridgehead atoms. The summed E-state index contributed by atoms with van der Waals surface area (Å²) < 4.78 is 0. The van der Waals surface area contributed by atoms with Crippen molar-refractivity contribution in [1.29, 1.82) is 0 Å². The van der Waals surface area contributed by atoms with Crippen molar-refractivity contribution in [3.63, 3.8) is 0 Å². The maximum Gasteiger partial charge on any atom is 0.137 e. The van der Waals surface area contributed by atoms with Gasteiger partial charge in [0.2, 0.25) is 0 Å². The summed E-state index contributed by atoms with van der Waals surface area (Å²) in [6.07, 6.45) is 1.72. The average Bonchev–Trinajstić information content (AvgIpc) is 1.90. The molecule has 0 aromatic carbocycles. The number of nitrogens with zero attached hydrogens (tertiary/aromatic N) is 1. The minimum Gasteiger partial charge on any atom is -0.506 e. The number of hydrogen-bond donors (Lipinski definition) is 2. The number of hydrogen-bond acceptors (Lipinski definition) is 3. The molecule has 58 valence electrons. The van der Waals surface area contributed by atoms with Gasteiger partial charge in [-0.2, -0.15) is 0 Å². The fourth-order valence-corrected chi connectivity index (χ4v) is 1.21. The molecule has 0 aliphatic carbocycles. The summed E-state index contributed by atoms with van der Waals surface area (Å²) in [7, 11) is 0. The van der Waals surface area contributed by atoms with E-state index in [0.717, 1.165) is 18.8 Å². The highest BCUT2D eigenvalue weighted by atomic mass is 16.3. The number of aromatic nitrogens is 1. The maximum absolute atomic E-state index is 9.36. The third-order valence-electron chi connectivity index (χ3n) is 1.98. The molecular formula is C8H10N2O. The van der Waals surface area contributed by atoms with Gasteiger partial charge >= 0.3 is 0 Å². The Bertz CT molecular complexity index is 258. The van der Waals surface area contributed by atoms with Gasteiger partial charge in [0.25, 0.3) is 0 Å². The first-order valence-corrected chi connectivity index (χ1v) is 3.72. The molecule has 1 aromatic heterocycles. The predicted molar refractivity (Wildman–Crippen MR) is 41.5 cm³/mol. The van der Waals surface area contributed by atoms with Gasteiger partial charge in [-0.3, -0.25) is 4.98 Å². The minimum atomic E-state index is 0.319. The lowest BCUT2D eigenvalue weighted by molar-refractivity contribution is 0.404. The van der Waals surface area contributed by atoms with E-state index in [1.54, 1.807) is 18.3 Å². The highest BCUT2D eigenvalue weighted by Gasteiger charge is 2.22. The summed E-state index contributed by atoms with van der Waals surface area (Å²) in [6, 6.07) is 3.42. The molecular weight excluding hydrogens is 140 g/mol. The lowest BCUT2D eigenvalue weighted by Gasteiger charge is -2.26. The van der Waals surface area contributed by atoms with Crippen LogP contribution in [0.2, 0.25) is 0 Å². The quantitative estimate of drug-likeness (QED) is 0.611. The average molecular weight is 150 g/mol. The third-order valence-corrected chi connectivity index (χ3v) is 1.98. The summed E-state index contributed by atoms with van der Waals surface area (Å²) in [5.41, 5.74) is 0.825. The molecule has 1 saturated heterocycles. The van der Waals surface area contributed by atoms with Gasteiger partial charge in [-0.25, -0.2) is 0 Å². The molecule has 1 fully saturated rings. The van der Waals surface area contributed by atoms with Crippen molar-refractivity contribution in [2.24, 2.45) is 0 Å². The Morgan fingerprint density at radius 2 is 2.36 bits per heavy atom. The van der Waals surface area contributed by atoms with Gasteiger partial charge < -0.3 is 10.4 Å². The van der Waals surface area contributed by atoms with E-state index in [2.05, 4.69) is 10.3 Å². The molecule has 2 heterocycles. The van der Waals surface area contributed by atoms with Crippen molar-refractivity contribution in [2.45, 2.75) is 5.92 Å². The van der Waals surface area contributed by atoms with Crippen molar-refractivity contribution in [2.75, 3.05) is 13.1 Å². The topological polar surface area (TPSA) is 45.2 Å². The molecule has 0 radical (unpaired) electrons. The summed E-state index contributed by atoms with van der Waals surface area (Å²) in [6.45, 7) is 1.87. The van der Waals surface area contributed by atoms with Gasteiger partial charge in [0, 0.05) is 25.2 Å². The van der Waals surface area contributed by atoms with E-state index in [9.17, 15) is 5.11 Å². The van der Waals surface area contributed by atoms with Crippen molar-refractivity contribution < 1.29 is 5.11 Å². The number of nitrogens with one attached hydrogen (secondary N) is 1. The van der Waals surface area contributed by atoms with E-state index >= 15 is 0 Å². The van der Waals surface area contributed by atoms with Gasteiger partial charge in [-0.1, -0.05) is 0 Å². The highest BCUT2D eigenvalue weighted by molar-refractivity contribution is 5.30. The second kappa shape index (κ2) is 2.51. The number of aromatic hydroxyl groups is 1. The second-order valence-corrected chi connectivity index (χ2v) is 2.76. The highest BCUT2D eigenvalue weighted by Crippen LogP contribution is 2.25. The summed E-state index contributed by atoms with van der Waals surface area (Å²) in [5.74, 6) is 0.732. The Kier molecular flexibility index (Phi) is 1.51. The van der Waals surface area contributed by atoms with Crippen LogP contribution in [-0.4, -0.2) is 23.2 Å². The molecule has 1 aliphatic heterocycles. The summed E-state index contributed by atoms with van der Waals surface area (Å²) in [5, 5.41) is 12.5. The van der Waals surface area contributed by atoms with Crippen molar-refractivity contribution >= 4 is 0 Å². The molecule has 0 unspecified atom stereocenters. The van der Waals surface area contributed by atoms with E-state index in [1.807, 2.05) is 0 Å². The van der Waals surface area contributed by atoms with E-state index in [0.29, 0.717) is 11.7 Å². The molecule has 0 spiro atoms. The van der Waals surface area contributed by atoms with E-state index in [4.69, 9.17) is 0 Å². The lowest BCUT2D eigenvalue weighted by atomic mass is 9.98.